The Balaban J connectivity index is 1.59. The van der Waals surface area contributed by atoms with Crippen LogP contribution in [0.4, 0.5) is 5.00 Å². The zero-order chi connectivity index (χ0) is 23.1. The topological polar surface area (TPSA) is 95.3 Å². The summed E-state index contributed by atoms with van der Waals surface area (Å²) in [5.74, 6) is 0.763. The highest BCUT2D eigenvalue weighted by molar-refractivity contribution is 7.99. The minimum Gasteiger partial charge on any atom is -0.486 e. The molecule has 3 aromatic rings. The Hall–Kier alpha value is -2.56. The number of amides is 1. The van der Waals surface area contributed by atoms with Gasteiger partial charge in [-0.15, -0.1) is 21.5 Å². The number of aryl methyl sites for hydroxylation is 1. The highest BCUT2D eigenvalue weighted by Crippen LogP contribution is 2.29. The molecule has 0 atom stereocenters. The lowest BCUT2D eigenvalue weighted by atomic mass is 10.3. The van der Waals surface area contributed by atoms with E-state index in [1.54, 1.807) is 37.3 Å². The van der Waals surface area contributed by atoms with Crippen LogP contribution in [0.5, 0.6) is 5.75 Å². The summed E-state index contributed by atoms with van der Waals surface area (Å²) in [5.41, 5.74) is 0.367. The fourth-order valence-electron chi connectivity index (χ4n) is 2.79. The van der Waals surface area contributed by atoms with E-state index in [0.717, 1.165) is 4.88 Å². The summed E-state index contributed by atoms with van der Waals surface area (Å²) >= 11 is 8.49. The van der Waals surface area contributed by atoms with E-state index in [1.165, 1.54) is 23.1 Å². The van der Waals surface area contributed by atoms with Gasteiger partial charge >= 0.3 is 5.97 Å². The highest BCUT2D eigenvalue weighted by Gasteiger charge is 2.19. The molecule has 3 rings (SSSR count). The number of thioether (sulfide) groups is 1. The van der Waals surface area contributed by atoms with E-state index < -0.39 is 5.97 Å². The summed E-state index contributed by atoms with van der Waals surface area (Å²) in [5, 5.41) is 12.9. The molecule has 0 aliphatic carbocycles. The number of carbonyl (C=O) groups is 2. The van der Waals surface area contributed by atoms with Gasteiger partial charge < -0.3 is 19.4 Å². The van der Waals surface area contributed by atoms with Crippen LogP contribution in [0.2, 0.25) is 5.02 Å². The number of hydrogen-bond donors (Lipinski definition) is 1. The quantitative estimate of drug-likeness (QED) is 0.319. The second-order valence-corrected chi connectivity index (χ2v) is 9.18. The number of hydrogen-bond acceptors (Lipinski definition) is 8. The summed E-state index contributed by atoms with van der Waals surface area (Å²) in [6, 6.07) is 8.79. The van der Waals surface area contributed by atoms with Crippen LogP contribution in [0.1, 0.15) is 34.9 Å². The summed E-state index contributed by atoms with van der Waals surface area (Å²) in [6.45, 7) is 6.73. The minimum absolute atomic E-state index is 0.120. The number of thiophene rings is 1. The third-order valence-corrected chi connectivity index (χ3v) is 6.41. The molecule has 8 nitrogen and oxygen atoms in total. The molecule has 11 heteroatoms. The maximum atomic E-state index is 12.5. The normalized spacial score (nSPS) is 10.8. The van der Waals surface area contributed by atoms with Crippen molar-refractivity contribution in [1.82, 2.24) is 14.8 Å². The maximum Gasteiger partial charge on any atom is 0.341 e. The van der Waals surface area contributed by atoms with Gasteiger partial charge in [0.05, 0.1) is 17.9 Å². The number of nitrogens with zero attached hydrogens (tertiary/aromatic N) is 3. The number of anilines is 1. The first-order valence-corrected chi connectivity index (χ1v) is 12.1. The third-order valence-electron chi connectivity index (χ3n) is 4.23. The minimum atomic E-state index is -0.448. The molecule has 0 radical (unpaired) electrons. The molecule has 1 amide bonds. The van der Waals surface area contributed by atoms with Gasteiger partial charge in [0.1, 0.15) is 17.4 Å². The van der Waals surface area contributed by atoms with Gasteiger partial charge in [-0.05, 0) is 51.1 Å². The van der Waals surface area contributed by atoms with Crippen LogP contribution in [0.15, 0.2) is 35.5 Å². The Morgan fingerprint density at radius 2 is 1.97 bits per heavy atom. The lowest BCUT2D eigenvalue weighted by molar-refractivity contribution is -0.113. The van der Waals surface area contributed by atoms with Gasteiger partial charge in [0.15, 0.2) is 11.0 Å². The summed E-state index contributed by atoms with van der Waals surface area (Å²) in [7, 11) is 0. The van der Waals surface area contributed by atoms with E-state index in [-0.39, 0.29) is 24.9 Å². The van der Waals surface area contributed by atoms with Crippen LogP contribution in [0.3, 0.4) is 0 Å². The number of aromatic nitrogens is 3. The smallest absolute Gasteiger partial charge is 0.341 e. The molecule has 0 aliphatic heterocycles. The van der Waals surface area contributed by atoms with E-state index in [9.17, 15) is 9.59 Å². The van der Waals surface area contributed by atoms with Crippen LogP contribution in [0, 0.1) is 6.92 Å². The maximum absolute atomic E-state index is 12.5. The first-order chi connectivity index (χ1) is 15.4. The number of carbonyl (C=O) groups excluding carboxylic acids is 2. The van der Waals surface area contributed by atoms with Gasteiger partial charge in [-0.3, -0.25) is 4.79 Å². The molecule has 0 aliphatic rings. The summed E-state index contributed by atoms with van der Waals surface area (Å²) in [4.78, 5) is 25.5. The van der Waals surface area contributed by atoms with Crippen LogP contribution in [-0.4, -0.2) is 39.0 Å². The lowest BCUT2D eigenvalue weighted by Gasteiger charge is -2.09. The van der Waals surface area contributed by atoms with Crippen molar-refractivity contribution in [3.8, 4) is 5.75 Å². The van der Waals surface area contributed by atoms with Gasteiger partial charge in [-0.1, -0.05) is 23.4 Å². The van der Waals surface area contributed by atoms with E-state index >= 15 is 0 Å². The molecule has 1 N–H and O–H groups in total. The van der Waals surface area contributed by atoms with Crippen LogP contribution < -0.4 is 10.1 Å². The van der Waals surface area contributed by atoms with E-state index in [4.69, 9.17) is 21.1 Å². The van der Waals surface area contributed by atoms with Gasteiger partial charge in [0.2, 0.25) is 5.91 Å². The predicted octanol–water partition coefficient (Wildman–Crippen LogP) is 4.81. The third kappa shape index (κ3) is 6.24. The van der Waals surface area contributed by atoms with Crippen molar-refractivity contribution in [2.24, 2.45) is 0 Å². The van der Waals surface area contributed by atoms with Gasteiger partial charge in [-0.25, -0.2) is 4.79 Å². The molecule has 170 valence electrons. The molecule has 2 aromatic heterocycles. The second kappa shape index (κ2) is 11.3. The number of halogens is 1. The molecule has 0 unspecified atom stereocenters. The molecule has 0 fully saturated rings. The fourth-order valence-corrected chi connectivity index (χ4v) is 4.65. The average molecular weight is 495 g/mol. The van der Waals surface area contributed by atoms with Crippen molar-refractivity contribution in [1.29, 1.82) is 0 Å². The SMILES string of the molecule is CCOC(=O)c1cc(C)sc1NC(=O)CSc1nnc(COc2ccc(Cl)cc2)n1CC. The molecule has 0 saturated heterocycles. The predicted molar refractivity (Wildman–Crippen MR) is 126 cm³/mol. The van der Waals surface area contributed by atoms with Crippen LogP contribution in [0.25, 0.3) is 0 Å². The molecule has 32 heavy (non-hydrogen) atoms. The molecule has 0 saturated carbocycles. The van der Waals surface area contributed by atoms with Crippen molar-refractivity contribution in [2.75, 3.05) is 17.7 Å². The molecule has 0 spiro atoms. The largest absolute Gasteiger partial charge is 0.486 e. The van der Waals surface area contributed by atoms with Gasteiger partial charge in [0, 0.05) is 16.4 Å². The summed E-state index contributed by atoms with van der Waals surface area (Å²) < 4.78 is 12.7. The van der Waals surface area contributed by atoms with Crippen LogP contribution >= 0.6 is 34.7 Å². The molecular weight excluding hydrogens is 472 g/mol. The number of rotatable bonds is 10. The zero-order valence-corrected chi connectivity index (χ0v) is 20.3. The highest BCUT2D eigenvalue weighted by atomic mass is 35.5. The molecule has 2 heterocycles. The van der Waals surface area contributed by atoms with Crippen molar-refractivity contribution < 1.29 is 19.1 Å². The van der Waals surface area contributed by atoms with E-state index in [1.807, 2.05) is 18.4 Å². The first-order valence-electron chi connectivity index (χ1n) is 9.91. The fraction of sp³-hybridized carbons (Fsp3) is 0.333. The molecular formula is C21H23ClN4O4S2. The Morgan fingerprint density at radius 1 is 1.22 bits per heavy atom. The number of ether oxygens (including phenoxy) is 2. The number of esters is 1. The van der Waals surface area contributed by atoms with Crippen molar-refractivity contribution in [3.63, 3.8) is 0 Å². The van der Waals surface area contributed by atoms with E-state index in [2.05, 4.69) is 15.5 Å². The van der Waals surface area contributed by atoms with Crippen LogP contribution in [-0.2, 0) is 22.7 Å². The first kappa shape index (κ1) is 24.1. The second-order valence-electron chi connectivity index (χ2n) is 6.54. The van der Waals surface area contributed by atoms with Crippen molar-refractivity contribution >= 4 is 51.6 Å². The van der Waals surface area contributed by atoms with Gasteiger partial charge in [-0.2, -0.15) is 0 Å². The Kier molecular flexibility index (Phi) is 8.54. The monoisotopic (exact) mass is 494 g/mol. The van der Waals surface area contributed by atoms with Gasteiger partial charge in [0.25, 0.3) is 0 Å². The zero-order valence-electron chi connectivity index (χ0n) is 17.9. The standard InChI is InChI=1S/C21H23ClN4O4S2/c1-4-26-17(11-30-15-8-6-14(22)7-9-15)24-25-21(26)31-12-18(27)23-19-16(10-13(3)32-19)20(28)29-5-2/h6-10H,4-5,11-12H2,1-3H3,(H,23,27). The van der Waals surface area contributed by atoms with E-state index in [0.29, 0.717) is 38.9 Å². The molecule has 1 aromatic carbocycles. The number of benzene rings is 1. The Morgan fingerprint density at radius 3 is 2.66 bits per heavy atom. The lowest BCUT2D eigenvalue weighted by Crippen LogP contribution is -2.16. The average Bonchev–Trinajstić information content (AvgIpc) is 3.34. The Bertz CT molecular complexity index is 1080. The van der Waals surface area contributed by atoms with Crippen molar-refractivity contribution in [2.45, 2.75) is 39.1 Å². The van der Waals surface area contributed by atoms with Crippen molar-refractivity contribution in [3.05, 3.63) is 51.6 Å². The molecule has 0 bridgehead atoms. The number of nitrogens with one attached hydrogen (secondary N) is 1. The summed E-state index contributed by atoms with van der Waals surface area (Å²) in [6.07, 6.45) is 0. The Labute approximate surface area is 199 Å².